The van der Waals surface area contributed by atoms with Crippen LogP contribution in [-0.2, 0) is 0 Å². The third-order valence-electron chi connectivity index (χ3n) is 2.81. The summed E-state index contributed by atoms with van der Waals surface area (Å²) in [6.45, 7) is 6.90. The van der Waals surface area contributed by atoms with Gasteiger partial charge in [-0.05, 0) is 24.8 Å². The smallest absolute Gasteiger partial charge is 0.0226 e. The number of hydrogen-bond donors (Lipinski definition) is 2. The van der Waals surface area contributed by atoms with Gasteiger partial charge in [-0.15, -0.1) is 0 Å². The van der Waals surface area contributed by atoms with Gasteiger partial charge in [0.1, 0.15) is 0 Å². The maximum absolute atomic E-state index is 3.61. The maximum atomic E-state index is 3.61. The van der Waals surface area contributed by atoms with Crippen molar-refractivity contribution in [2.45, 2.75) is 32.4 Å². The van der Waals surface area contributed by atoms with Gasteiger partial charge in [-0.2, -0.15) is 0 Å². The van der Waals surface area contributed by atoms with Crippen molar-refractivity contribution in [3.63, 3.8) is 0 Å². The van der Waals surface area contributed by atoms with Gasteiger partial charge in [0, 0.05) is 18.6 Å². The molecule has 0 bridgehead atoms. The summed E-state index contributed by atoms with van der Waals surface area (Å²) in [6.07, 6.45) is 1.46. The topological polar surface area (TPSA) is 24.1 Å². The van der Waals surface area contributed by atoms with Crippen molar-refractivity contribution in [2.75, 3.05) is 13.1 Å². The van der Waals surface area contributed by atoms with Gasteiger partial charge in [-0.25, -0.2) is 0 Å². The summed E-state index contributed by atoms with van der Waals surface area (Å²) in [5.41, 5.74) is 0. The van der Waals surface area contributed by atoms with Gasteiger partial charge in [-0.1, -0.05) is 13.8 Å². The maximum Gasteiger partial charge on any atom is 0.0226 e. The van der Waals surface area contributed by atoms with E-state index < -0.39 is 0 Å². The highest BCUT2D eigenvalue weighted by Gasteiger charge is 2.45. The molecule has 3 atom stereocenters. The van der Waals surface area contributed by atoms with Gasteiger partial charge in [-0.3, -0.25) is 0 Å². The summed E-state index contributed by atoms with van der Waals surface area (Å²) in [7, 11) is 0. The lowest BCUT2D eigenvalue weighted by molar-refractivity contribution is 0.349. The summed E-state index contributed by atoms with van der Waals surface area (Å²) in [5.74, 6) is 2.00. The third-order valence-corrected chi connectivity index (χ3v) is 2.81. The summed E-state index contributed by atoms with van der Waals surface area (Å²) in [6, 6.07) is 1.40. The van der Waals surface area contributed by atoms with Gasteiger partial charge < -0.3 is 10.6 Å². The SMILES string of the molecule is CC(C)N[C@@H]1CNC[C@H]2C[C@H]21. The van der Waals surface area contributed by atoms with Crippen LogP contribution in [0.5, 0.6) is 0 Å². The van der Waals surface area contributed by atoms with E-state index in [-0.39, 0.29) is 0 Å². The van der Waals surface area contributed by atoms with Crippen molar-refractivity contribution in [3.8, 4) is 0 Å². The Morgan fingerprint density at radius 2 is 2.18 bits per heavy atom. The predicted octanol–water partition coefficient (Wildman–Crippen LogP) is 0.592. The molecule has 1 heterocycles. The van der Waals surface area contributed by atoms with E-state index in [2.05, 4.69) is 24.5 Å². The van der Waals surface area contributed by atoms with Crippen molar-refractivity contribution in [2.24, 2.45) is 11.8 Å². The van der Waals surface area contributed by atoms with Crippen LogP contribution in [0.3, 0.4) is 0 Å². The summed E-state index contributed by atoms with van der Waals surface area (Å²) in [4.78, 5) is 0. The third kappa shape index (κ3) is 1.57. The fourth-order valence-electron chi connectivity index (χ4n) is 2.18. The predicted molar refractivity (Wildman–Crippen MR) is 46.5 cm³/mol. The fourth-order valence-corrected chi connectivity index (χ4v) is 2.18. The molecule has 0 aromatic carbocycles. The lowest BCUT2D eigenvalue weighted by atomic mass is 10.1. The second kappa shape index (κ2) is 2.76. The van der Waals surface area contributed by atoms with E-state index in [9.17, 15) is 0 Å². The van der Waals surface area contributed by atoms with E-state index >= 15 is 0 Å². The molecule has 2 heteroatoms. The zero-order valence-electron chi connectivity index (χ0n) is 7.43. The fraction of sp³-hybridized carbons (Fsp3) is 1.00. The minimum Gasteiger partial charge on any atom is -0.315 e. The van der Waals surface area contributed by atoms with E-state index in [1.165, 1.54) is 19.5 Å². The molecule has 1 aliphatic carbocycles. The molecule has 1 saturated heterocycles. The van der Waals surface area contributed by atoms with Gasteiger partial charge in [0.05, 0.1) is 0 Å². The molecule has 2 rings (SSSR count). The highest BCUT2D eigenvalue weighted by molar-refractivity contribution is 5.00. The number of fused-ring (bicyclic) bond motifs is 1. The van der Waals surface area contributed by atoms with Crippen molar-refractivity contribution < 1.29 is 0 Å². The number of piperidine rings is 1. The molecule has 2 fully saturated rings. The second-order valence-corrected chi connectivity index (χ2v) is 4.25. The second-order valence-electron chi connectivity index (χ2n) is 4.25. The molecule has 0 aromatic heterocycles. The minimum atomic E-state index is 0.640. The van der Waals surface area contributed by atoms with Crippen LogP contribution in [-0.4, -0.2) is 25.2 Å². The summed E-state index contributed by atoms with van der Waals surface area (Å²) >= 11 is 0. The van der Waals surface area contributed by atoms with E-state index in [1.807, 2.05) is 0 Å². The standard InChI is InChI=1S/C9H18N2/c1-6(2)11-9-5-10-4-7-3-8(7)9/h6-11H,3-5H2,1-2H3/t7-,8-,9-/m1/s1. The van der Waals surface area contributed by atoms with Crippen LogP contribution in [0.1, 0.15) is 20.3 Å². The molecule has 2 nitrogen and oxygen atoms in total. The van der Waals surface area contributed by atoms with Crippen LogP contribution in [0, 0.1) is 11.8 Å². The average Bonchev–Trinajstić information content (AvgIpc) is 2.65. The molecule has 2 aliphatic rings. The molecule has 0 radical (unpaired) electrons. The van der Waals surface area contributed by atoms with Crippen molar-refractivity contribution >= 4 is 0 Å². The first-order chi connectivity index (χ1) is 5.27. The van der Waals surface area contributed by atoms with Gasteiger partial charge in [0.2, 0.25) is 0 Å². The normalized spacial score (nSPS) is 42.3. The van der Waals surface area contributed by atoms with Crippen LogP contribution < -0.4 is 10.6 Å². The Balaban J connectivity index is 1.83. The molecule has 0 unspecified atom stereocenters. The highest BCUT2D eigenvalue weighted by atomic mass is 15.0. The Kier molecular flexibility index (Phi) is 1.90. The zero-order chi connectivity index (χ0) is 7.84. The monoisotopic (exact) mass is 154 g/mol. The van der Waals surface area contributed by atoms with Gasteiger partial charge in [0.15, 0.2) is 0 Å². The Labute approximate surface area is 68.7 Å². The lowest BCUT2D eigenvalue weighted by Gasteiger charge is -2.25. The average molecular weight is 154 g/mol. The van der Waals surface area contributed by atoms with Gasteiger partial charge in [0.25, 0.3) is 0 Å². The quantitative estimate of drug-likeness (QED) is 0.608. The zero-order valence-corrected chi connectivity index (χ0v) is 7.43. The summed E-state index contributed by atoms with van der Waals surface area (Å²) < 4.78 is 0. The van der Waals surface area contributed by atoms with Crippen molar-refractivity contribution in [1.82, 2.24) is 10.6 Å². The van der Waals surface area contributed by atoms with E-state index in [0.29, 0.717) is 6.04 Å². The number of hydrogen-bond acceptors (Lipinski definition) is 2. The summed E-state index contributed by atoms with van der Waals surface area (Å²) in [5, 5.41) is 7.08. The van der Waals surface area contributed by atoms with Gasteiger partial charge >= 0.3 is 0 Å². The molecule has 0 spiro atoms. The molecule has 1 aliphatic heterocycles. The van der Waals surface area contributed by atoms with Crippen molar-refractivity contribution in [1.29, 1.82) is 0 Å². The molecule has 11 heavy (non-hydrogen) atoms. The molecular formula is C9H18N2. The van der Waals surface area contributed by atoms with Crippen molar-refractivity contribution in [3.05, 3.63) is 0 Å². The largest absolute Gasteiger partial charge is 0.315 e. The van der Waals surface area contributed by atoms with Crippen LogP contribution in [0.15, 0.2) is 0 Å². The van der Waals surface area contributed by atoms with E-state index in [1.54, 1.807) is 0 Å². The molecular weight excluding hydrogens is 136 g/mol. The molecule has 1 saturated carbocycles. The first kappa shape index (κ1) is 7.56. The van der Waals surface area contributed by atoms with Crippen LogP contribution >= 0.6 is 0 Å². The number of rotatable bonds is 2. The molecule has 2 N–H and O–H groups in total. The first-order valence-corrected chi connectivity index (χ1v) is 4.74. The molecule has 0 amide bonds. The van der Waals surface area contributed by atoms with E-state index in [4.69, 9.17) is 0 Å². The van der Waals surface area contributed by atoms with E-state index in [0.717, 1.165) is 17.9 Å². The highest BCUT2D eigenvalue weighted by Crippen LogP contribution is 2.42. The molecule has 64 valence electrons. The lowest BCUT2D eigenvalue weighted by Crippen LogP contribution is -2.47. The van der Waals surface area contributed by atoms with Crippen LogP contribution in [0.25, 0.3) is 0 Å². The number of nitrogens with one attached hydrogen (secondary N) is 2. The Morgan fingerprint density at radius 1 is 1.36 bits per heavy atom. The Morgan fingerprint density at radius 3 is 2.91 bits per heavy atom. The Hall–Kier alpha value is -0.0800. The van der Waals surface area contributed by atoms with Crippen LogP contribution in [0.2, 0.25) is 0 Å². The van der Waals surface area contributed by atoms with Crippen LogP contribution in [0.4, 0.5) is 0 Å². The first-order valence-electron chi connectivity index (χ1n) is 4.74. The molecule has 0 aromatic rings. The Bertz CT molecular complexity index is 144. The minimum absolute atomic E-state index is 0.640.